The average molecular weight is 334 g/mol. The van der Waals surface area contributed by atoms with Crippen LogP contribution in [0.2, 0.25) is 0 Å². The number of ether oxygens (including phenoxy) is 1. The molecule has 6 N–H and O–H groups in total. The van der Waals surface area contributed by atoms with Gasteiger partial charge >= 0.3 is 0 Å². The maximum atomic E-state index is 12.4. The van der Waals surface area contributed by atoms with E-state index >= 15 is 0 Å². The third-order valence-electron chi connectivity index (χ3n) is 3.97. The summed E-state index contributed by atoms with van der Waals surface area (Å²) < 4.78 is 5.47. The van der Waals surface area contributed by atoms with E-state index in [1.807, 2.05) is 0 Å². The molecular formula is C16H14O8. The average Bonchev–Trinajstić information content (AvgIpc) is 2.53. The number of fused-ring (bicyclic) bond motifs is 1. The van der Waals surface area contributed by atoms with Gasteiger partial charge in [0.15, 0.2) is 29.5 Å². The van der Waals surface area contributed by atoms with Gasteiger partial charge in [-0.15, -0.1) is 0 Å². The molecule has 1 aliphatic heterocycles. The van der Waals surface area contributed by atoms with Crippen molar-refractivity contribution in [2.45, 2.75) is 19.1 Å². The molecule has 1 aliphatic rings. The maximum absolute atomic E-state index is 12.4. The Labute approximate surface area is 135 Å². The zero-order valence-corrected chi connectivity index (χ0v) is 12.4. The molecule has 0 bridgehead atoms. The second-order valence-electron chi connectivity index (χ2n) is 5.50. The fourth-order valence-electron chi connectivity index (χ4n) is 2.59. The first kappa shape index (κ1) is 15.8. The Morgan fingerprint density at radius 1 is 0.917 bits per heavy atom. The summed E-state index contributed by atoms with van der Waals surface area (Å²) in [5.74, 6) is -3.85. The number of phenolic OH excluding ortho intramolecular Hbond substituents is 5. The normalized spacial score (nSPS) is 19.7. The number of rotatable bonds is 1. The van der Waals surface area contributed by atoms with E-state index in [4.69, 9.17) is 4.74 Å². The molecule has 2 atom stereocenters. The molecule has 0 aromatic heterocycles. The van der Waals surface area contributed by atoms with Gasteiger partial charge in [-0.25, -0.2) is 0 Å². The Balaban J connectivity index is 2.13. The smallest absolute Gasteiger partial charge is 0.202 e. The number of ketones is 1. The van der Waals surface area contributed by atoms with Crippen molar-refractivity contribution in [1.82, 2.24) is 0 Å². The molecule has 126 valence electrons. The van der Waals surface area contributed by atoms with Gasteiger partial charge < -0.3 is 35.4 Å². The lowest BCUT2D eigenvalue weighted by molar-refractivity contribution is 0.0208. The summed E-state index contributed by atoms with van der Waals surface area (Å²) in [6.45, 7) is 1.40. The van der Waals surface area contributed by atoms with Crippen LogP contribution in [0.4, 0.5) is 0 Å². The molecule has 0 radical (unpaired) electrons. The number of aliphatic hydroxyl groups excluding tert-OH is 1. The summed E-state index contributed by atoms with van der Waals surface area (Å²) >= 11 is 0. The van der Waals surface area contributed by atoms with Crippen molar-refractivity contribution in [3.8, 4) is 34.5 Å². The van der Waals surface area contributed by atoms with Crippen LogP contribution in [-0.4, -0.2) is 42.5 Å². The lowest BCUT2D eigenvalue weighted by Gasteiger charge is -2.30. The van der Waals surface area contributed by atoms with Crippen molar-refractivity contribution in [2.75, 3.05) is 0 Å². The highest BCUT2D eigenvalue weighted by Gasteiger charge is 2.40. The van der Waals surface area contributed by atoms with Gasteiger partial charge in [-0.3, -0.25) is 4.79 Å². The van der Waals surface area contributed by atoms with E-state index in [2.05, 4.69) is 0 Å². The Kier molecular flexibility index (Phi) is 3.42. The van der Waals surface area contributed by atoms with Crippen LogP contribution in [0.25, 0.3) is 0 Å². The predicted molar refractivity (Wildman–Crippen MR) is 79.7 cm³/mol. The molecule has 8 nitrogen and oxygen atoms in total. The van der Waals surface area contributed by atoms with Gasteiger partial charge in [0, 0.05) is 17.2 Å². The van der Waals surface area contributed by atoms with Gasteiger partial charge in [0.05, 0.1) is 0 Å². The minimum Gasteiger partial charge on any atom is -0.507 e. The van der Waals surface area contributed by atoms with Gasteiger partial charge in [-0.1, -0.05) is 0 Å². The van der Waals surface area contributed by atoms with Crippen molar-refractivity contribution in [3.63, 3.8) is 0 Å². The SMILES string of the molecule is Cc1c(O)cc2c(c1O)C(=O)[C@H](O)[C@@H](c1cc(O)c(O)c(O)c1)O2. The number of Topliss-reactive ketones (excluding diaryl/α,β-unsaturated/α-hetero) is 1. The third-order valence-corrected chi connectivity index (χ3v) is 3.97. The standard InChI is InChI=1S/C16H14O8/c1-5-7(17)4-10-11(12(5)20)14(22)15(23)16(24-10)6-2-8(18)13(21)9(19)3-6/h2-4,15-21,23H,1H3/t15-,16+/m0/s1. The second-order valence-corrected chi connectivity index (χ2v) is 5.50. The molecule has 0 aliphatic carbocycles. The summed E-state index contributed by atoms with van der Waals surface area (Å²) in [6, 6.07) is 3.17. The van der Waals surface area contributed by atoms with Gasteiger partial charge in [0.2, 0.25) is 5.78 Å². The molecule has 2 aromatic rings. The van der Waals surface area contributed by atoms with Crippen LogP contribution in [0.1, 0.15) is 27.6 Å². The Morgan fingerprint density at radius 3 is 2.08 bits per heavy atom. The first-order valence-electron chi connectivity index (χ1n) is 6.91. The molecular weight excluding hydrogens is 320 g/mol. The summed E-state index contributed by atoms with van der Waals surface area (Å²) in [6.07, 6.45) is -3.04. The minimum atomic E-state index is -1.73. The Bertz CT molecular complexity index is 835. The molecule has 24 heavy (non-hydrogen) atoms. The molecule has 0 saturated carbocycles. The van der Waals surface area contributed by atoms with Crippen molar-refractivity contribution < 1.29 is 40.2 Å². The van der Waals surface area contributed by atoms with E-state index in [9.17, 15) is 35.4 Å². The molecule has 2 aromatic carbocycles. The first-order chi connectivity index (χ1) is 11.2. The molecule has 0 unspecified atom stereocenters. The Hall–Kier alpha value is -3.13. The minimum absolute atomic E-state index is 0.0221. The molecule has 0 spiro atoms. The fourth-order valence-corrected chi connectivity index (χ4v) is 2.59. The molecule has 8 heteroatoms. The summed E-state index contributed by atoms with van der Waals surface area (Å²) in [5, 5.41) is 58.5. The monoisotopic (exact) mass is 334 g/mol. The van der Waals surface area contributed by atoms with Crippen LogP contribution in [0, 0.1) is 6.92 Å². The van der Waals surface area contributed by atoms with Crippen LogP contribution >= 0.6 is 0 Å². The van der Waals surface area contributed by atoms with E-state index < -0.39 is 41.0 Å². The summed E-state index contributed by atoms with van der Waals surface area (Å²) in [4.78, 5) is 12.4. The largest absolute Gasteiger partial charge is 0.507 e. The number of carbonyl (C=O) groups is 1. The van der Waals surface area contributed by atoms with Crippen LogP contribution in [-0.2, 0) is 0 Å². The van der Waals surface area contributed by atoms with Crippen molar-refractivity contribution in [3.05, 3.63) is 34.9 Å². The van der Waals surface area contributed by atoms with Crippen LogP contribution < -0.4 is 4.74 Å². The molecule has 0 fully saturated rings. The highest BCUT2D eigenvalue weighted by atomic mass is 16.5. The predicted octanol–water partition coefficient (Wildman–Crippen LogP) is 1.20. The van der Waals surface area contributed by atoms with E-state index in [0.717, 1.165) is 18.2 Å². The van der Waals surface area contributed by atoms with Gasteiger partial charge in [-0.2, -0.15) is 0 Å². The highest BCUT2D eigenvalue weighted by molar-refractivity contribution is 6.06. The van der Waals surface area contributed by atoms with Crippen molar-refractivity contribution in [1.29, 1.82) is 0 Å². The molecule has 1 heterocycles. The highest BCUT2D eigenvalue weighted by Crippen LogP contribution is 2.46. The second kappa shape index (κ2) is 5.20. The van der Waals surface area contributed by atoms with Crippen molar-refractivity contribution >= 4 is 5.78 Å². The number of phenols is 5. The number of aromatic hydroxyl groups is 5. The summed E-state index contributed by atoms with van der Waals surface area (Å²) in [7, 11) is 0. The third kappa shape index (κ3) is 2.16. The number of hydrogen-bond acceptors (Lipinski definition) is 8. The maximum Gasteiger partial charge on any atom is 0.202 e. The lowest BCUT2D eigenvalue weighted by Crippen LogP contribution is -2.36. The molecule has 0 amide bonds. The number of aliphatic hydroxyl groups is 1. The van der Waals surface area contributed by atoms with Gasteiger partial charge in [0.25, 0.3) is 0 Å². The van der Waals surface area contributed by atoms with Gasteiger partial charge in [-0.05, 0) is 19.1 Å². The first-order valence-corrected chi connectivity index (χ1v) is 6.91. The topological polar surface area (TPSA) is 148 Å². The van der Waals surface area contributed by atoms with Crippen LogP contribution in [0.15, 0.2) is 18.2 Å². The fraction of sp³-hybridized carbons (Fsp3) is 0.188. The Morgan fingerprint density at radius 2 is 1.50 bits per heavy atom. The van der Waals surface area contributed by atoms with E-state index in [0.29, 0.717) is 0 Å². The quantitative estimate of drug-likeness (QED) is 0.426. The van der Waals surface area contributed by atoms with E-state index in [-0.39, 0.29) is 28.2 Å². The van der Waals surface area contributed by atoms with Crippen LogP contribution in [0.5, 0.6) is 34.5 Å². The zero-order valence-electron chi connectivity index (χ0n) is 12.4. The summed E-state index contributed by atoms with van der Waals surface area (Å²) in [5.41, 5.74) is -0.175. The number of hydrogen-bond donors (Lipinski definition) is 6. The van der Waals surface area contributed by atoms with Crippen molar-refractivity contribution in [2.24, 2.45) is 0 Å². The number of benzene rings is 2. The van der Waals surface area contributed by atoms with Crippen LogP contribution in [0.3, 0.4) is 0 Å². The molecule has 3 rings (SSSR count). The molecule has 0 saturated heterocycles. The van der Waals surface area contributed by atoms with E-state index in [1.54, 1.807) is 0 Å². The number of carbonyl (C=O) groups excluding carboxylic acids is 1. The zero-order chi connectivity index (χ0) is 17.8. The van der Waals surface area contributed by atoms with E-state index in [1.165, 1.54) is 6.92 Å². The van der Waals surface area contributed by atoms with Gasteiger partial charge in [0.1, 0.15) is 22.8 Å². The lowest BCUT2D eigenvalue weighted by atomic mass is 9.91.